The molecule has 1 amide bonds. The van der Waals surface area contributed by atoms with E-state index in [4.69, 9.17) is 9.47 Å². The van der Waals surface area contributed by atoms with Crippen molar-refractivity contribution in [2.24, 2.45) is 5.41 Å². The molecule has 0 spiro atoms. The third kappa shape index (κ3) is 3.02. The van der Waals surface area contributed by atoms with Crippen LogP contribution < -0.4 is 5.32 Å². The van der Waals surface area contributed by atoms with Crippen LogP contribution in [0.25, 0.3) is 0 Å². The fourth-order valence-electron chi connectivity index (χ4n) is 2.44. The molecular weight excluding hydrogens is 232 g/mol. The third-order valence-electron chi connectivity index (χ3n) is 3.92. The molecule has 0 saturated carbocycles. The van der Waals surface area contributed by atoms with Gasteiger partial charge < -0.3 is 14.8 Å². The number of hydrogen-bond donors (Lipinski definition) is 1. The van der Waals surface area contributed by atoms with Crippen molar-refractivity contribution in [2.75, 3.05) is 46.1 Å². The normalized spacial score (nSPS) is 25.2. The van der Waals surface area contributed by atoms with E-state index in [2.05, 4.69) is 17.1 Å². The zero-order chi connectivity index (χ0) is 13.0. The molecule has 5 nitrogen and oxygen atoms in total. The highest BCUT2D eigenvalue weighted by atomic mass is 16.5. The molecule has 0 unspecified atom stereocenters. The molecule has 0 aromatic heterocycles. The van der Waals surface area contributed by atoms with Gasteiger partial charge in [-0.15, -0.1) is 0 Å². The Hall–Kier alpha value is -0.650. The van der Waals surface area contributed by atoms with Crippen molar-refractivity contribution in [3.8, 4) is 0 Å². The topological polar surface area (TPSA) is 50.8 Å². The van der Waals surface area contributed by atoms with Gasteiger partial charge in [-0.3, -0.25) is 9.69 Å². The van der Waals surface area contributed by atoms with E-state index in [1.54, 1.807) is 0 Å². The predicted octanol–water partition coefficient (Wildman–Crippen LogP) is 0.250. The lowest BCUT2D eigenvalue weighted by atomic mass is 9.87. The number of rotatable bonds is 5. The number of ether oxygens (including phenoxy) is 2. The van der Waals surface area contributed by atoms with Crippen molar-refractivity contribution >= 4 is 5.91 Å². The molecule has 0 aliphatic carbocycles. The first-order valence-corrected chi connectivity index (χ1v) is 6.83. The van der Waals surface area contributed by atoms with E-state index >= 15 is 0 Å². The summed E-state index contributed by atoms with van der Waals surface area (Å²) in [5, 5.41) is 3.07. The summed E-state index contributed by atoms with van der Waals surface area (Å²) in [5.74, 6) is 0.125. The van der Waals surface area contributed by atoms with E-state index in [-0.39, 0.29) is 11.3 Å². The first kappa shape index (κ1) is 13.8. The SMILES string of the molecule is CC[C@H](CNC(=O)C1(C)COC1)N1CCOCC1. The second-order valence-electron chi connectivity index (χ2n) is 5.47. The van der Waals surface area contributed by atoms with Crippen LogP contribution in [0.2, 0.25) is 0 Å². The van der Waals surface area contributed by atoms with Gasteiger partial charge in [0.15, 0.2) is 0 Å². The van der Waals surface area contributed by atoms with Crippen LogP contribution in [0.1, 0.15) is 20.3 Å². The first-order valence-electron chi connectivity index (χ1n) is 6.83. The highest BCUT2D eigenvalue weighted by molar-refractivity contribution is 5.83. The van der Waals surface area contributed by atoms with Gasteiger partial charge >= 0.3 is 0 Å². The fraction of sp³-hybridized carbons (Fsp3) is 0.923. The van der Waals surface area contributed by atoms with Crippen molar-refractivity contribution in [2.45, 2.75) is 26.3 Å². The van der Waals surface area contributed by atoms with Crippen LogP contribution in [0, 0.1) is 5.41 Å². The quantitative estimate of drug-likeness (QED) is 0.766. The number of hydrogen-bond acceptors (Lipinski definition) is 4. The highest BCUT2D eigenvalue weighted by Crippen LogP contribution is 2.26. The van der Waals surface area contributed by atoms with Gasteiger partial charge in [-0.2, -0.15) is 0 Å². The number of morpholine rings is 1. The molecule has 0 bridgehead atoms. The summed E-state index contributed by atoms with van der Waals surface area (Å²) in [7, 11) is 0. The summed E-state index contributed by atoms with van der Waals surface area (Å²) >= 11 is 0. The molecule has 2 saturated heterocycles. The summed E-state index contributed by atoms with van der Waals surface area (Å²) in [5.41, 5.74) is -0.302. The summed E-state index contributed by atoms with van der Waals surface area (Å²) in [4.78, 5) is 14.4. The summed E-state index contributed by atoms with van der Waals surface area (Å²) in [6.45, 7) is 9.49. The number of carbonyl (C=O) groups is 1. The lowest BCUT2D eigenvalue weighted by Crippen LogP contribution is -2.55. The van der Waals surface area contributed by atoms with Gasteiger partial charge in [0, 0.05) is 25.7 Å². The molecule has 5 heteroatoms. The van der Waals surface area contributed by atoms with E-state index in [9.17, 15) is 4.79 Å². The van der Waals surface area contributed by atoms with Gasteiger partial charge in [0.2, 0.25) is 5.91 Å². The maximum Gasteiger partial charge on any atom is 0.230 e. The van der Waals surface area contributed by atoms with Crippen LogP contribution >= 0.6 is 0 Å². The maximum absolute atomic E-state index is 12.0. The molecule has 1 atom stereocenters. The Morgan fingerprint density at radius 2 is 2.00 bits per heavy atom. The van der Waals surface area contributed by atoms with E-state index in [1.165, 1.54) is 0 Å². The summed E-state index contributed by atoms with van der Waals surface area (Å²) < 4.78 is 10.5. The Balaban J connectivity index is 1.77. The molecule has 2 aliphatic rings. The predicted molar refractivity (Wildman–Crippen MR) is 68.4 cm³/mol. The number of nitrogens with zero attached hydrogens (tertiary/aromatic N) is 1. The van der Waals surface area contributed by atoms with Crippen LogP contribution in [-0.4, -0.2) is 62.9 Å². The Morgan fingerprint density at radius 1 is 1.33 bits per heavy atom. The molecule has 2 aliphatic heterocycles. The molecule has 0 aromatic carbocycles. The second kappa shape index (κ2) is 5.99. The van der Waals surface area contributed by atoms with E-state index in [1.807, 2.05) is 6.92 Å². The van der Waals surface area contributed by atoms with Crippen molar-refractivity contribution in [3.63, 3.8) is 0 Å². The average Bonchev–Trinajstić information content (AvgIpc) is 2.37. The molecule has 18 heavy (non-hydrogen) atoms. The average molecular weight is 256 g/mol. The Labute approximate surface area is 109 Å². The molecule has 0 radical (unpaired) electrons. The zero-order valence-corrected chi connectivity index (χ0v) is 11.4. The van der Waals surface area contributed by atoms with Crippen molar-refractivity contribution in [3.05, 3.63) is 0 Å². The largest absolute Gasteiger partial charge is 0.379 e. The maximum atomic E-state index is 12.0. The van der Waals surface area contributed by atoms with Gasteiger partial charge in [0.25, 0.3) is 0 Å². The van der Waals surface area contributed by atoms with Gasteiger partial charge in [0.1, 0.15) is 0 Å². The van der Waals surface area contributed by atoms with Gasteiger partial charge in [0.05, 0.1) is 31.8 Å². The molecule has 2 rings (SSSR count). The lowest BCUT2D eigenvalue weighted by Gasteiger charge is -2.38. The van der Waals surface area contributed by atoms with Crippen molar-refractivity contribution < 1.29 is 14.3 Å². The number of nitrogens with one attached hydrogen (secondary N) is 1. The van der Waals surface area contributed by atoms with E-state index < -0.39 is 0 Å². The van der Waals surface area contributed by atoms with Crippen molar-refractivity contribution in [1.29, 1.82) is 0 Å². The van der Waals surface area contributed by atoms with Crippen LogP contribution in [0.5, 0.6) is 0 Å². The minimum absolute atomic E-state index is 0.125. The van der Waals surface area contributed by atoms with E-state index in [0.717, 1.165) is 39.3 Å². The monoisotopic (exact) mass is 256 g/mol. The fourth-order valence-corrected chi connectivity index (χ4v) is 2.44. The molecule has 2 heterocycles. The summed E-state index contributed by atoms with van der Waals surface area (Å²) in [6, 6.07) is 0.419. The number of amides is 1. The highest BCUT2D eigenvalue weighted by Gasteiger charge is 2.41. The lowest BCUT2D eigenvalue weighted by molar-refractivity contribution is -0.157. The van der Waals surface area contributed by atoms with E-state index in [0.29, 0.717) is 19.3 Å². The molecule has 0 aromatic rings. The van der Waals surface area contributed by atoms with Crippen LogP contribution in [0.4, 0.5) is 0 Å². The molecule has 2 fully saturated rings. The Kier molecular flexibility index (Phi) is 4.59. The Bertz CT molecular complexity index is 286. The molecule has 1 N–H and O–H groups in total. The second-order valence-corrected chi connectivity index (χ2v) is 5.47. The summed E-state index contributed by atoms with van der Waals surface area (Å²) in [6.07, 6.45) is 1.05. The van der Waals surface area contributed by atoms with Gasteiger partial charge in [-0.05, 0) is 13.3 Å². The molecule has 104 valence electrons. The standard InChI is InChI=1S/C13H24N2O3/c1-3-11(15-4-6-17-7-5-15)8-14-12(16)13(2)9-18-10-13/h11H,3-10H2,1-2H3,(H,14,16)/t11-/m1/s1. The van der Waals surface area contributed by atoms with Crippen LogP contribution in [0.3, 0.4) is 0 Å². The molecular formula is C13H24N2O3. The van der Waals surface area contributed by atoms with Crippen LogP contribution in [-0.2, 0) is 14.3 Å². The van der Waals surface area contributed by atoms with Crippen molar-refractivity contribution in [1.82, 2.24) is 10.2 Å². The smallest absolute Gasteiger partial charge is 0.230 e. The van der Waals surface area contributed by atoms with Gasteiger partial charge in [-0.1, -0.05) is 6.92 Å². The first-order chi connectivity index (χ1) is 8.65. The number of carbonyl (C=O) groups excluding carboxylic acids is 1. The van der Waals surface area contributed by atoms with Crippen LogP contribution in [0.15, 0.2) is 0 Å². The van der Waals surface area contributed by atoms with Gasteiger partial charge in [-0.25, -0.2) is 0 Å². The third-order valence-corrected chi connectivity index (χ3v) is 3.92. The minimum atomic E-state index is -0.302. The zero-order valence-electron chi connectivity index (χ0n) is 11.4. The Morgan fingerprint density at radius 3 is 2.50 bits per heavy atom. The minimum Gasteiger partial charge on any atom is -0.379 e.